The SMILES string of the molecule is C/C(CC(=O)NCCc1ccccc1)=N\NC(=O)c1ccc([N+](=O)[O-])c(Cl)c1. The normalized spacial score (nSPS) is 11.0. The number of nitrogens with zero attached hydrogens (tertiary/aromatic N) is 2. The monoisotopic (exact) mass is 402 g/mol. The summed E-state index contributed by atoms with van der Waals surface area (Å²) < 4.78 is 0. The van der Waals surface area contributed by atoms with Crippen LogP contribution < -0.4 is 10.7 Å². The minimum atomic E-state index is -0.636. The zero-order valence-electron chi connectivity index (χ0n) is 15.1. The largest absolute Gasteiger partial charge is 0.355 e. The van der Waals surface area contributed by atoms with Crippen molar-refractivity contribution in [3.05, 3.63) is 74.8 Å². The Labute approximate surface area is 166 Å². The molecule has 0 radical (unpaired) electrons. The molecule has 0 atom stereocenters. The lowest BCUT2D eigenvalue weighted by molar-refractivity contribution is -0.384. The quantitative estimate of drug-likeness (QED) is 0.401. The molecule has 2 N–H and O–H groups in total. The fourth-order valence-electron chi connectivity index (χ4n) is 2.33. The van der Waals surface area contributed by atoms with Crippen LogP contribution in [0.3, 0.4) is 0 Å². The van der Waals surface area contributed by atoms with Gasteiger partial charge in [-0.15, -0.1) is 0 Å². The molecule has 2 aromatic rings. The predicted molar refractivity (Wildman–Crippen MR) is 106 cm³/mol. The van der Waals surface area contributed by atoms with Crippen molar-refractivity contribution in [2.45, 2.75) is 19.8 Å². The van der Waals surface area contributed by atoms with Crippen molar-refractivity contribution < 1.29 is 14.5 Å². The molecule has 0 aliphatic carbocycles. The Kier molecular flexibility index (Phi) is 7.65. The summed E-state index contributed by atoms with van der Waals surface area (Å²) in [5, 5.41) is 17.3. The van der Waals surface area contributed by atoms with E-state index in [9.17, 15) is 19.7 Å². The van der Waals surface area contributed by atoms with Crippen LogP contribution in [0.25, 0.3) is 0 Å². The summed E-state index contributed by atoms with van der Waals surface area (Å²) in [4.78, 5) is 34.1. The fourth-order valence-corrected chi connectivity index (χ4v) is 2.58. The molecule has 8 nitrogen and oxygen atoms in total. The molecule has 0 heterocycles. The van der Waals surface area contributed by atoms with Gasteiger partial charge in [0.05, 0.1) is 11.3 Å². The van der Waals surface area contributed by atoms with Gasteiger partial charge in [-0.1, -0.05) is 41.9 Å². The van der Waals surface area contributed by atoms with Crippen LogP contribution in [0.5, 0.6) is 0 Å². The first-order chi connectivity index (χ1) is 13.4. The van der Waals surface area contributed by atoms with Gasteiger partial charge in [0.25, 0.3) is 11.6 Å². The van der Waals surface area contributed by atoms with Gasteiger partial charge < -0.3 is 5.32 Å². The molecule has 0 aliphatic rings. The zero-order chi connectivity index (χ0) is 20.5. The van der Waals surface area contributed by atoms with Crippen molar-refractivity contribution in [1.29, 1.82) is 0 Å². The van der Waals surface area contributed by atoms with Gasteiger partial charge in [0.1, 0.15) is 5.02 Å². The summed E-state index contributed by atoms with van der Waals surface area (Å²) in [6.45, 7) is 2.11. The van der Waals surface area contributed by atoms with E-state index in [1.807, 2.05) is 30.3 Å². The number of nitrogens with one attached hydrogen (secondary N) is 2. The van der Waals surface area contributed by atoms with Gasteiger partial charge in [-0.05, 0) is 31.0 Å². The molecular weight excluding hydrogens is 384 g/mol. The first-order valence-corrected chi connectivity index (χ1v) is 8.82. The third kappa shape index (κ3) is 6.48. The number of rotatable bonds is 8. The molecule has 28 heavy (non-hydrogen) atoms. The maximum Gasteiger partial charge on any atom is 0.287 e. The second-order valence-corrected chi connectivity index (χ2v) is 6.38. The molecule has 9 heteroatoms. The van der Waals surface area contributed by atoms with Gasteiger partial charge in [0.2, 0.25) is 5.91 Å². The fraction of sp³-hybridized carbons (Fsp3) is 0.211. The van der Waals surface area contributed by atoms with E-state index in [0.29, 0.717) is 12.3 Å². The molecule has 146 valence electrons. The Morgan fingerprint density at radius 2 is 1.89 bits per heavy atom. The second-order valence-electron chi connectivity index (χ2n) is 5.97. The Balaban J connectivity index is 1.81. The minimum absolute atomic E-state index is 0.0378. The standard InChI is InChI=1S/C19H19ClN4O4/c1-13(11-18(25)21-10-9-14-5-3-2-4-6-14)22-23-19(26)15-7-8-17(24(27)28)16(20)12-15/h2-8,12H,9-11H2,1H3,(H,21,25)(H,23,26)/b22-13+. The molecular formula is C19H19ClN4O4. The van der Waals surface area contributed by atoms with Crippen LogP contribution in [0.2, 0.25) is 5.02 Å². The number of hydrogen-bond donors (Lipinski definition) is 2. The lowest BCUT2D eigenvalue weighted by atomic mass is 10.1. The smallest absolute Gasteiger partial charge is 0.287 e. The van der Waals surface area contributed by atoms with E-state index in [1.165, 1.54) is 12.1 Å². The number of benzene rings is 2. The van der Waals surface area contributed by atoms with Crippen LogP contribution in [0.1, 0.15) is 29.3 Å². The van der Waals surface area contributed by atoms with Crippen molar-refractivity contribution in [1.82, 2.24) is 10.7 Å². The molecule has 0 bridgehead atoms. The van der Waals surface area contributed by atoms with E-state index < -0.39 is 10.8 Å². The van der Waals surface area contributed by atoms with Crippen molar-refractivity contribution in [2.75, 3.05) is 6.54 Å². The zero-order valence-corrected chi connectivity index (χ0v) is 15.9. The first-order valence-electron chi connectivity index (χ1n) is 8.45. The predicted octanol–water partition coefficient (Wildman–Crippen LogP) is 3.10. The van der Waals surface area contributed by atoms with Crippen molar-refractivity contribution in [3.8, 4) is 0 Å². The highest BCUT2D eigenvalue weighted by atomic mass is 35.5. The number of amides is 2. The van der Waals surface area contributed by atoms with Crippen LogP contribution in [0.4, 0.5) is 5.69 Å². The Morgan fingerprint density at radius 1 is 1.18 bits per heavy atom. The number of nitro groups is 1. The average molecular weight is 403 g/mol. The van der Waals surface area contributed by atoms with E-state index in [2.05, 4.69) is 15.8 Å². The molecule has 2 amide bonds. The number of hydrazone groups is 1. The number of carbonyl (C=O) groups excluding carboxylic acids is 2. The first kappa shape index (κ1) is 21.0. The van der Waals surface area contributed by atoms with E-state index >= 15 is 0 Å². The average Bonchev–Trinajstić information content (AvgIpc) is 2.66. The molecule has 0 aliphatic heterocycles. The lowest BCUT2D eigenvalue weighted by Crippen LogP contribution is -2.28. The Hall–Kier alpha value is -3.26. The van der Waals surface area contributed by atoms with Crippen LogP contribution in [-0.4, -0.2) is 29.0 Å². The highest BCUT2D eigenvalue weighted by Crippen LogP contribution is 2.24. The summed E-state index contributed by atoms with van der Waals surface area (Å²) in [7, 11) is 0. The summed E-state index contributed by atoms with van der Waals surface area (Å²) >= 11 is 5.78. The molecule has 0 spiro atoms. The van der Waals surface area contributed by atoms with E-state index in [-0.39, 0.29) is 28.6 Å². The maximum atomic E-state index is 12.0. The molecule has 2 rings (SSSR count). The summed E-state index contributed by atoms with van der Waals surface area (Å²) in [6, 6.07) is 13.4. The molecule has 0 saturated carbocycles. The van der Waals surface area contributed by atoms with Gasteiger partial charge in [-0.3, -0.25) is 19.7 Å². The Bertz CT molecular complexity index is 900. The minimum Gasteiger partial charge on any atom is -0.355 e. The summed E-state index contributed by atoms with van der Waals surface area (Å²) in [5.41, 5.74) is 3.68. The summed E-state index contributed by atoms with van der Waals surface area (Å²) in [6.07, 6.45) is 0.760. The molecule has 0 fully saturated rings. The van der Waals surface area contributed by atoms with Crippen molar-refractivity contribution >= 4 is 34.8 Å². The summed E-state index contributed by atoms with van der Waals surface area (Å²) in [5.74, 6) is -0.787. The molecule has 2 aromatic carbocycles. The van der Waals surface area contributed by atoms with Crippen molar-refractivity contribution in [2.24, 2.45) is 5.10 Å². The van der Waals surface area contributed by atoms with Crippen LogP contribution in [0, 0.1) is 10.1 Å². The number of carbonyl (C=O) groups is 2. The van der Waals surface area contributed by atoms with Gasteiger partial charge in [-0.2, -0.15) is 5.10 Å². The third-order valence-corrected chi connectivity index (χ3v) is 4.05. The van der Waals surface area contributed by atoms with Crippen LogP contribution >= 0.6 is 11.6 Å². The van der Waals surface area contributed by atoms with Crippen LogP contribution in [0.15, 0.2) is 53.6 Å². The Morgan fingerprint density at radius 3 is 2.54 bits per heavy atom. The number of halogens is 1. The highest BCUT2D eigenvalue weighted by molar-refractivity contribution is 6.33. The van der Waals surface area contributed by atoms with E-state index in [4.69, 9.17) is 11.6 Å². The highest BCUT2D eigenvalue weighted by Gasteiger charge is 2.15. The van der Waals surface area contributed by atoms with Gasteiger partial charge in [-0.25, -0.2) is 5.43 Å². The van der Waals surface area contributed by atoms with Gasteiger partial charge in [0.15, 0.2) is 0 Å². The lowest BCUT2D eigenvalue weighted by Gasteiger charge is -2.06. The van der Waals surface area contributed by atoms with Crippen LogP contribution in [-0.2, 0) is 11.2 Å². The number of nitro benzene ring substituents is 1. The maximum absolute atomic E-state index is 12.0. The van der Waals surface area contributed by atoms with E-state index in [0.717, 1.165) is 18.1 Å². The second kappa shape index (κ2) is 10.2. The van der Waals surface area contributed by atoms with Gasteiger partial charge in [0, 0.05) is 23.9 Å². The van der Waals surface area contributed by atoms with E-state index in [1.54, 1.807) is 6.92 Å². The third-order valence-electron chi connectivity index (χ3n) is 3.75. The van der Waals surface area contributed by atoms with Crippen molar-refractivity contribution in [3.63, 3.8) is 0 Å². The molecule has 0 unspecified atom stereocenters. The molecule has 0 saturated heterocycles. The number of hydrogen-bond acceptors (Lipinski definition) is 5. The van der Waals surface area contributed by atoms with Gasteiger partial charge >= 0.3 is 0 Å². The topological polar surface area (TPSA) is 114 Å². The molecule has 0 aromatic heterocycles.